The summed E-state index contributed by atoms with van der Waals surface area (Å²) in [4.78, 5) is 32.3. The van der Waals surface area contributed by atoms with E-state index in [-0.39, 0.29) is 43.8 Å². The molecule has 6 rings (SSSR count). The van der Waals surface area contributed by atoms with E-state index in [1.807, 2.05) is 0 Å². The maximum atomic E-state index is 13.9. The Morgan fingerprint density at radius 1 is 1.10 bits per heavy atom. The molecule has 1 aliphatic heterocycles. The van der Waals surface area contributed by atoms with Crippen LogP contribution in [0.25, 0.3) is 5.65 Å². The Morgan fingerprint density at radius 3 is 2.62 bits per heavy atom. The first-order valence-electron chi connectivity index (χ1n) is 13.4. The van der Waals surface area contributed by atoms with Gasteiger partial charge in [0.05, 0.1) is 50.0 Å². The van der Waals surface area contributed by atoms with Crippen molar-refractivity contribution in [2.45, 2.75) is 69.5 Å². The van der Waals surface area contributed by atoms with Gasteiger partial charge in [-0.25, -0.2) is 31.9 Å². The van der Waals surface area contributed by atoms with Crippen LogP contribution in [0.1, 0.15) is 66.3 Å². The van der Waals surface area contributed by atoms with Crippen molar-refractivity contribution < 1.29 is 27.2 Å². The molecule has 0 spiro atoms. The molecule has 3 amide bonds. The van der Waals surface area contributed by atoms with Crippen molar-refractivity contribution in [3.63, 3.8) is 0 Å². The van der Waals surface area contributed by atoms with Gasteiger partial charge in [0.1, 0.15) is 0 Å². The van der Waals surface area contributed by atoms with E-state index in [0.717, 1.165) is 17.7 Å². The van der Waals surface area contributed by atoms with Crippen LogP contribution < -0.4 is 10.6 Å². The fourth-order valence-electron chi connectivity index (χ4n) is 5.31. The monoisotopic (exact) mass is 563 g/mol. The molecule has 2 aliphatic carbocycles. The molecule has 3 aromatic rings. The van der Waals surface area contributed by atoms with Gasteiger partial charge in [-0.15, -0.1) is 5.10 Å². The van der Waals surface area contributed by atoms with Crippen molar-refractivity contribution in [1.82, 2.24) is 45.1 Å². The number of nitrogens with one attached hydrogen (secondary N) is 2. The molecule has 0 bridgehead atoms. The fourth-order valence-corrected chi connectivity index (χ4v) is 5.31. The van der Waals surface area contributed by atoms with Crippen LogP contribution in [-0.2, 0) is 13.1 Å². The number of nitrogens with zero attached hydrogens (tertiary/aromatic N) is 7. The van der Waals surface area contributed by atoms with Crippen LogP contribution >= 0.6 is 0 Å². The highest BCUT2D eigenvalue weighted by molar-refractivity contribution is 5.92. The number of aromatic nitrogens is 6. The Hall–Kier alpha value is -3.78. The van der Waals surface area contributed by atoms with E-state index in [4.69, 9.17) is 0 Å². The summed E-state index contributed by atoms with van der Waals surface area (Å²) in [5, 5.41) is 17.9. The summed E-state index contributed by atoms with van der Waals surface area (Å²) in [6.07, 6.45) is 6.47. The Balaban J connectivity index is 1.23. The standard InChI is InChI=1S/C25H29F4N9O2/c26-24(27)5-3-17(4-6-24)21(34-22(39)18-9-32-38(35-18)11-15-1-2-15)19-12-37-20(33-19)7-16(8-31-37)10-36-14-25(28,29)13-30-23(36)40/h7-9,12,15,17,21H,1-6,10-11,13-14H2,(H,30,40)(H,34,39)/t21-/m0/s1. The number of hydrogen-bond donors (Lipinski definition) is 2. The molecule has 0 radical (unpaired) electrons. The van der Waals surface area contributed by atoms with Crippen LogP contribution in [0.5, 0.6) is 0 Å². The van der Waals surface area contributed by atoms with Crippen LogP contribution in [-0.4, -0.2) is 71.4 Å². The normalized spacial score (nSPS) is 21.8. The molecule has 40 heavy (non-hydrogen) atoms. The number of rotatable bonds is 8. The first kappa shape index (κ1) is 26.4. The van der Waals surface area contributed by atoms with E-state index in [1.54, 1.807) is 12.3 Å². The van der Waals surface area contributed by atoms with E-state index < -0.39 is 42.9 Å². The van der Waals surface area contributed by atoms with Gasteiger partial charge in [0, 0.05) is 19.4 Å². The lowest BCUT2D eigenvalue weighted by Crippen LogP contribution is -2.56. The van der Waals surface area contributed by atoms with Gasteiger partial charge in [0.25, 0.3) is 11.8 Å². The highest BCUT2D eigenvalue weighted by Crippen LogP contribution is 2.41. The Bertz CT molecular complexity index is 1410. The molecule has 3 aromatic heterocycles. The molecule has 1 saturated heterocycles. The third kappa shape index (κ3) is 5.87. The molecule has 0 unspecified atom stereocenters. The first-order valence-corrected chi connectivity index (χ1v) is 13.4. The molecular weight excluding hydrogens is 534 g/mol. The first-order chi connectivity index (χ1) is 19.0. The molecule has 11 nitrogen and oxygen atoms in total. The van der Waals surface area contributed by atoms with Gasteiger partial charge in [-0.05, 0) is 49.1 Å². The largest absolute Gasteiger partial charge is 0.342 e. The highest BCUT2D eigenvalue weighted by atomic mass is 19.3. The minimum Gasteiger partial charge on any atom is -0.342 e. The maximum Gasteiger partial charge on any atom is 0.318 e. The van der Waals surface area contributed by atoms with Crippen molar-refractivity contribution in [3.8, 4) is 0 Å². The smallest absolute Gasteiger partial charge is 0.318 e. The minimum absolute atomic E-state index is 0.0957. The predicted octanol–water partition coefficient (Wildman–Crippen LogP) is 3.19. The Kier molecular flexibility index (Phi) is 6.61. The molecule has 3 fully saturated rings. The molecule has 15 heteroatoms. The Morgan fingerprint density at radius 2 is 1.88 bits per heavy atom. The third-order valence-corrected chi connectivity index (χ3v) is 7.70. The van der Waals surface area contributed by atoms with Gasteiger partial charge in [0.15, 0.2) is 11.3 Å². The topological polar surface area (TPSA) is 122 Å². The maximum absolute atomic E-state index is 13.9. The summed E-state index contributed by atoms with van der Waals surface area (Å²) < 4.78 is 57.0. The van der Waals surface area contributed by atoms with E-state index in [9.17, 15) is 27.2 Å². The van der Waals surface area contributed by atoms with Gasteiger partial charge in [-0.3, -0.25) is 4.79 Å². The fraction of sp³-hybridized carbons (Fsp3) is 0.600. The van der Waals surface area contributed by atoms with E-state index in [1.165, 1.54) is 21.7 Å². The van der Waals surface area contributed by atoms with Gasteiger partial charge >= 0.3 is 6.03 Å². The lowest BCUT2D eigenvalue weighted by atomic mass is 9.81. The quantitative estimate of drug-likeness (QED) is 0.406. The second kappa shape index (κ2) is 10.0. The number of halogens is 4. The zero-order chi connectivity index (χ0) is 28.1. The average Bonchev–Trinajstić information content (AvgIpc) is 3.41. The summed E-state index contributed by atoms with van der Waals surface area (Å²) in [7, 11) is 0. The van der Waals surface area contributed by atoms with E-state index in [0.29, 0.717) is 29.4 Å². The summed E-state index contributed by atoms with van der Waals surface area (Å²) in [5.41, 5.74) is 1.42. The lowest BCUT2D eigenvalue weighted by Gasteiger charge is -2.33. The number of hydrogen-bond acceptors (Lipinski definition) is 6. The van der Waals surface area contributed by atoms with Crippen molar-refractivity contribution in [3.05, 3.63) is 41.6 Å². The van der Waals surface area contributed by atoms with Gasteiger partial charge < -0.3 is 15.5 Å². The number of imidazole rings is 1. The number of alkyl halides is 4. The number of fused-ring (bicyclic) bond motifs is 1. The van der Waals surface area contributed by atoms with E-state index in [2.05, 4.69) is 30.9 Å². The van der Waals surface area contributed by atoms with Crippen LogP contribution in [0.3, 0.4) is 0 Å². The second-order valence-electron chi connectivity index (χ2n) is 11.1. The van der Waals surface area contributed by atoms with Gasteiger partial charge in [0.2, 0.25) is 5.92 Å². The zero-order valence-electron chi connectivity index (χ0n) is 21.6. The predicted molar refractivity (Wildman–Crippen MR) is 132 cm³/mol. The number of urea groups is 1. The summed E-state index contributed by atoms with van der Waals surface area (Å²) in [5.74, 6) is -6.04. The van der Waals surface area contributed by atoms with Crippen molar-refractivity contribution in [1.29, 1.82) is 0 Å². The Labute approximate surface area is 226 Å². The van der Waals surface area contributed by atoms with Crippen molar-refractivity contribution in [2.24, 2.45) is 11.8 Å². The number of amides is 3. The molecular formula is C25H29F4N9O2. The molecule has 2 N–H and O–H groups in total. The third-order valence-electron chi connectivity index (χ3n) is 7.70. The lowest BCUT2D eigenvalue weighted by molar-refractivity contribution is -0.0495. The van der Waals surface area contributed by atoms with Gasteiger partial charge in [-0.2, -0.15) is 15.0 Å². The summed E-state index contributed by atoms with van der Waals surface area (Å²) in [6, 6.07) is 0.336. The van der Waals surface area contributed by atoms with Gasteiger partial charge in [-0.1, -0.05) is 0 Å². The zero-order valence-corrected chi connectivity index (χ0v) is 21.6. The SMILES string of the molecule is O=C(N[C@H](c1cn2ncc(CN3CC(F)(F)CNC3=O)cc2n1)C1CCC(F)(F)CC1)c1cnn(CC2CC2)n1. The van der Waals surface area contributed by atoms with Crippen LogP contribution in [0.2, 0.25) is 0 Å². The minimum atomic E-state index is -3.04. The molecule has 214 valence electrons. The van der Waals surface area contributed by atoms with Crippen LogP contribution in [0.15, 0.2) is 24.7 Å². The molecule has 0 aromatic carbocycles. The van der Waals surface area contributed by atoms with Crippen LogP contribution in [0, 0.1) is 11.8 Å². The molecule has 3 aliphatic rings. The van der Waals surface area contributed by atoms with Crippen LogP contribution in [0.4, 0.5) is 22.4 Å². The molecule has 2 saturated carbocycles. The molecule has 1 atom stereocenters. The highest BCUT2D eigenvalue weighted by Gasteiger charge is 2.40. The molecule has 4 heterocycles. The average molecular weight is 564 g/mol. The van der Waals surface area contributed by atoms with E-state index >= 15 is 0 Å². The summed E-state index contributed by atoms with van der Waals surface area (Å²) >= 11 is 0. The van der Waals surface area contributed by atoms with Crippen molar-refractivity contribution in [2.75, 3.05) is 13.1 Å². The number of carbonyl (C=O) groups is 2. The number of carbonyl (C=O) groups excluding carboxylic acids is 2. The summed E-state index contributed by atoms with van der Waals surface area (Å²) in [6.45, 7) is -0.872. The van der Waals surface area contributed by atoms with Crippen molar-refractivity contribution >= 4 is 17.6 Å². The second-order valence-corrected chi connectivity index (χ2v) is 11.1.